The van der Waals surface area contributed by atoms with Gasteiger partial charge in [0.2, 0.25) is 0 Å². The molecule has 20 heavy (non-hydrogen) atoms. The second kappa shape index (κ2) is 12.6. The number of carbonyl (C=O) groups excluding carboxylic acids is 1. The molecule has 4 N–H and O–H groups in total. The number of amides is 2. The number of urea groups is 1. The molecule has 0 spiro atoms. The van der Waals surface area contributed by atoms with E-state index in [-0.39, 0.29) is 19.0 Å². The van der Waals surface area contributed by atoms with Gasteiger partial charge in [-0.05, 0) is 12.8 Å². The van der Waals surface area contributed by atoms with Gasteiger partial charge in [-0.2, -0.15) is 0 Å². The van der Waals surface area contributed by atoms with Crippen LogP contribution < -0.4 is 10.6 Å². The minimum atomic E-state index is -1.44. The summed E-state index contributed by atoms with van der Waals surface area (Å²) in [6, 6.07) is -0.372. The van der Waals surface area contributed by atoms with Crippen LogP contribution in [0.1, 0.15) is 19.3 Å². The lowest BCUT2D eigenvalue weighted by atomic mass is 10.2. The Bertz CT molecular complexity index is 275. The second-order valence-electron chi connectivity index (χ2n) is 4.14. The number of aliphatic hydroxyl groups is 1. The normalized spacial score (nSPS) is 11.9. The molecule has 0 aromatic rings. The number of aliphatic hydroxyl groups excluding tert-OH is 1. The fraction of sp³-hybridized carbons (Fsp3) is 0.833. The first-order valence-electron chi connectivity index (χ1n) is 6.57. The Labute approximate surface area is 118 Å². The van der Waals surface area contributed by atoms with Crippen LogP contribution in [-0.2, 0) is 14.3 Å². The van der Waals surface area contributed by atoms with Crippen LogP contribution in [0.5, 0.6) is 0 Å². The molecule has 118 valence electrons. The molecule has 1 atom stereocenters. The van der Waals surface area contributed by atoms with E-state index in [1.165, 1.54) is 0 Å². The van der Waals surface area contributed by atoms with Crippen LogP contribution in [0.3, 0.4) is 0 Å². The summed E-state index contributed by atoms with van der Waals surface area (Å²) in [5, 5.41) is 22.5. The molecule has 0 aliphatic heterocycles. The van der Waals surface area contributed by atoms with E-state index in [2.05, 4.69) is 10.6 Å². The van der Waals surface area contributed by atoms with Crippen molar-refractivity contribution in [1.29, 1.82) is 0 Å². The molecule has 0 aromatic carbocycles. The van der Waals surface area contributed by atoms with Gasteiger partial charge < -0.3 is 30.3 Å². The van der Waals surface area contributed by atoms with Crippen LogP contribution in [-0.4, -0.2) is 68.3 Å². The van der Waals surface area contributed by atoms with Gasteiger partial charge in [0.25, 0.3) is 0 Å². The van der Waals surface area contributed by atoms with Gasteiger partial charge in [0.05, 0.1) is 13.2 Å². The summed E-state index contributed by atoms with van der Waals surface area (Å²) in [5.74, 6) is -1.29. The number of carbonyl (C=O) groups is 2. The summed E-state index contributed by atoms with van der Waals surface area (Å²) in [5.41, 5.74) is 0. The highest BCUT2D eigenvalue weighted by atomic mass is 16.5. The van der Waals surface area contributed by atoms with Gasteiger partial charge in [-0.1, -0.05) is 0 Å². The van der Waals surface area contributed by atoms with E-state index in [1.54, 1.807) is 7.11 Å². The van der Waals surface area contributed by atoms with Crippen molar-refractivity contribution in [2.24, 2.45) is 0 Å². The monoisotopic (exact) mass is 292 g/mol. The van der Waals surface area contributed by atoms with Gasteiger partial charge in [0, 0.05) is 33.2 Å². The fourth-order valence-electron chi connectivity index (χ4n) is 1.28. The van der Waals surface area contributed by atoms with Gasteiger partial charge in [-0.25, -0.2) is 9.59 Å². The van der Waals surface area contributed by atoms with E-state index in [9.17, 15) is 9.59 Å². The highest BCUT2D eigenvalue weighted by molar-refractivity contribution is 5.74. The second-order valence-corrected chi connectivity index (χ2v) is 4.14. The molecule has 8 heteroatoms. The van der Waals surface area contributed by atoms with Gasteiger partial charge in [0.15, 0.2) is 6.10 Å². The number of rotatable bonds is 12. The minimum Gasteiger partial charge on any atom is -0.479 e. The van der Waals surface area contributed by atoms with E-state index in [0.29, 0.717) is 26.4 Å². The van der Waals surface area contributed by atoms with Crippen molar-refractivity contribution in [3.05, 3.63) is 0 Å². The third kappa shape index (κ3) is 11.7. The molecule has 0 aliphatic carbocycles. The maximum absolute atomic E-state index is 11.3. The molecule has 0 heterocycles. The number of carboxylic acids is 1. The predicted molar refractivity (Wildman–Crippen MR) is 71.6 cm³/mol. The number of carboxylic acid groups (broad SMARTS) is 1. The molecule has 0 bridgehead atoms. The van der Waals surface area contributed by atoms with Crippen LogP contribution in [0.15, 0.2) is 0 Å². The first-order chi connectivity index (χ1) is 9.57. The zero-order chi connectivity index (χ0) is 15.2. The van der Waals surface area contributed by atoms with Crippen molar-refractivity contribution in [2.75, 3.05) is 40.0 Å². The molecule has 0 aliphatic rings. The first kappa shape index (κ1) is 18.6. The lowest BCUT2D eigenvalue weighted by molar-refractivity contribution is -0.146. The maximum Gasteiger partial charge on any atom is 0.332 e. The molecule has 0 aromatic heterocycles. The Morgan fingerprint density at radius 1 is 1.10 bits per heavy atom. The molecular weight excluding hydrogens is 268 g/mol. The quantitative estimate of drug-likeness (QED) is 0.362. The van der Waals surface area contributed by atoms with Gasteiger partial charge in [-0.3, -0.25) is 0 Å². The largest absolute Gasteiger partial charge is 0.479 e. The van der Waals surface area contributed by atoms with Crippen molar-refractivity contribution in [3.63, 3.8) is 0 Å². The lowest BCUT2D eigenvalue weighted by Gasteiger charge is -2.09. The van der Waals surface area contributed by atoms with Gasteiger partial charge >= 0.3 is 12.0 Å². The number of hydrogen-bond acceptors (Lipinski definition) is 5. The lowest BCUT2D eigenvalue weighted by Crippen LogP contribution is -2.38. The Hall–Kier alpha value is -1.38. The number of nitrogens with one attached hydrogen (secondary N) is 2. The first-order valence-corrected chi connectivity index (χ1v) is 6.57. The zero-order valence-electron chi connectivity index (χ0n) is 11.8. The standard InChI is InChI=1S/C12H24N2O6/c1-19-8-9-20-7-3-2-5-13-12(18)14-6-4-10(15)11(16)17/h10,15H,2-9H2,1H3,(H,16,17)(H2,13,14,18). The maximum atomic E-state index is 11.3. The third-order valence-corrected chi connectivity index (χ3v) is 2.42. The van der Waals surface area contributed by atoms with E-state index in [0.717, 1.165) is 12.8 Å². The van der Waals surface area contributed by atoms with Crippen molar-refractivity contribution < 1.29 is 29.3 Å². The minimum absolute atomic E-state index is 0.0178. The van der Waals surface area contributed by atoms with E-state index in [4.69, 9.17) is 19.7 Å². The number of methoxy groups -OCH3 is 1. The Morgan fingerprint density at radius 2 is 1.80 bits per heavy atom. The average molecular weight is 292 g/mol. The number of hydrogen-bond donors (Lipinski definition) is 4. The summed E-state index contributed by atoms with van der Waals surface area (Å²) >= 11 is 0. The highest BCUT2D eigenvalue weighted by Gasteiger charge is 2.12. The van der Waals surface area contributed by atoms with Crippen molar-refractivity contribution >= 4 is 12.0 Å². The number of aliphatic carboxylic acids is 1. The third-order valence-electron chi connectivity index (χ3n) is 2.42. The molecule has 0 saturated carbocycles. The van der Waals surface area contributed by atoms with Gasteiger partial charge in [-0.15, -0.1) is 0 Å². The zero-order valence-corrected chi connectivity index (χ0v) is 11.8. The smallest absolute Gasteiger partial charge is 0.332 e. The van der Waals surface area contributed by atoms with Crippen LogP contribution in [0, 0.1) is 0 Å². The predicted octanol–water partition coefficient (Wildman–Crippen LogP) is -0.436. The number of unbranched alkanes of at least 4 members (excludes halogenated alkanes) is 1. The molecule has 1 unspecified atom stereocenters. The average Bonchev–Trinajstić information content (AvgIpc) is 2.41. The van der Waals surface area contributed by atoms with Crippen LogP contribution in [0.2, 0.25) is 0 Å². The summed E-state index contributed by atoms with van der Waals surface area (Å²) in [6.07, 6.45) is 0.162. The van der Waals surface area contributed by atoms with E-state index < -0.39 is 12.1 Å². The highest BCUT2D eigenvalue weighted by Crippen LogP contribution is 1.90. The SMILES string of the molecule is COCCOCCCCNC(=O)NCCC(O)C(=O)O. The fourth-order valence-corrected chi connectivity index (χ4v) is 1.28. The van der Waals surface area contributed by atoms with Crippen molar-refractivity contribution in [2.45, 2.75) is 25.4 Å². The number of ether oxygens (including phenoxy) is 2. The summed E-state index contributed by atoms with van der Waals surface area (Å²) in [7, 11) is 1.61. The van der Waals surface area contributed by atoms with E-state index >= 15 is 0 Å². The summed E-state index contributed by atoms with van der Waals surface area (Å²) in [6.45, 7) is 2.39. The molecule has 2 amide bonds. The van der Waals surface area contributed by atoms with Crippen LogP contribution in [0.4, 0.5) is 4.79 Å². The Morgan fingerprint density at radius 3 is 2.45 bits per heavy atom. The van der Waals surface area contributed by atoms with Crippen LogP contribution in [0.25, 0.3) is 0 Å². The topological polar surface area (TPSA) is 117 Å². The van der Waals surface area contributed by atoms with Gasteiger partial charge in [0.1, 0.15) is 0 Å². The summed E-state index contributed by atoms with van der Waals surface area (Å²) in [4.78, 5) is 21.6. The molecule has 8 nitrogen and oxygen atoms in total. The molecule has 0 saturated heterocycles. The molecule has 0 radical (unpaired) electrons. The molecule has 0 fully saturated rings. The van der Waals surface area contributed by atoms with Crippen molar-refractivity contribution in [1.82, 2.24) is 10.6 Å². The molecular formula is C12H24N2O6. The summed E-state index contributed by atoms with van der Waals surface area (Å²) < 4.78 is 10.1. The Kier molecular flexibility index (Phi) is 11.8. The van der Waals surface area contributed by atoms with Crippen molar-refractivity contribution in [3.8, 4) is 0 Å². The van der Waals surface area contributed by atoms with Crippen LogP contribution >= 0.6 is 0 Å². The Balaban J connectivity index is 3.30. The molecule has 0 rings (SSSR count). The van der Waals surface area contributed by atoms with E-state index in [1.807, 2.05) is 0 Å².